The first-order chi connectivity index (χ1) is 9.95. The van der Waals surface area contributed by atoms with Gasteiger partial charge in [-0.1, -0.05) is 37.6 Å². The topological polar surface area (TPSA) is 21.3 Å². The highest BCUT2D eigenvalue weighted by molar-refractivity contribution is 6.31. The van der Waals surface area contributed by atoms with Crippen molar-refractivity contribution in [3.8, 4) is 11.5 Å². The van der Waals surface area contributed by atoms with Crippen molar-refractivity contribution in [3.05, 3.63) is 58.4 Å². The summed E-state index contributed by atoms with van der Waals surface area (Å²) in [5.74, 6) is 0.778. The smallest absolute Gasteiger partial charge is 0.133 e. The molecule has 0 atom stereocenters. The predicted octanol–water partition coefficient (Wildman–Crippen LogP) is 5.08. The minimum Gasteiger partial charge on any atom is -0.457 e. The quantitative estimate of drug-likeness (QED) is 0.832. The molecule has 0 radical (unpaired) electrons. The van der Waals surface area contributed by atoms with E-state index in [4.69, 9.17) is 16.3 Å². The molecule has 4 heteroatoms. The Hall–Kier alpha value is -1.58. The van der Waals surface area contributed by atoms with Crippen LogP contribution >= 0.6 is 11.6 Å². The molecule has 2 rings (SSSR count). The zero-order chi connectivity index (χ0) is 15.4. The lowest BCUT2D eigenvalue weighted by atomic mass is 10.2. The molecule has 2 aromatic rings. The molecule has 112 valence electrons. The van der Waals surface area contributed by atoms with Crippen LogP contribution in [0.1, 0.15) is 25.0 Å². The van der Waals surface area contributed by atoms with E-state index in [1.165, 1.54) is 12.1 Å². The van der Waals surface area contributed by atoms with Crippen molar-refractivity contribution in [1.82, 2.24) is 5.32 Å². The summed E-state index contributed by atoms with van der Waals surface area (Å²) in [4.78, 5) is 0. The maximum Gasteiger partial charge on any atom is 0.133 e. The standard InChI is InChI=1S/C17H19ClFNO/c1-11(2)20-10-13-5-7-15(9-16(13)18)21-17-8-14(19)6-4-12(17)3/h4-9,11,20H,10H2,1-3H3. The molecule has 1 N–H and O–H groups in total. The normalized spacial score (nSPS) is 11.0. The Kier molecular flexibility index (Phi) is 5.21. The second-order valence-electron chi connectivity index (χ2n) is 5.30. The second kappa shape index (κ2) is 6.92. The Balaban J connectivity index is 2.14. The zero-order valence-corrected chi connectivity index (χ0v) is 13.2. The summed E-state index contributed by atoms with van der Waals surface area (Å²) >= 11 is 6.26. The number of ether oxygens (including phenoxy) is 1. The van der Waals surface area contributed by atoms with E-state index in [1.807, 2.05) is 19.1 Å². The number of halogens is 2. The van der Waals surface area contributed by atoms with Crippen molar-refractivity contribution >= 4 is 11.6 Å². The van der Waals surface area contributed by atoms with Gasteiger partial charge in [0.2, 0.25) is 0 Å². The fourth-order valence-corrected chi connectivity index (χ4v) is 2.10. The van der Waals surface area contributed by atoms with Crippen LogP contribution in [0.2, 0.25) is 5.02 Å². The molecule has 0 amide bonds. The first-order valence-corrected chi connectivity index (χ1v) is 7.29. The molecule has 21 heavy (non-hydrogen) atoms. The fourth-order valence-electron chi connectivity index (χ4n) is 1.86. The number of aryl methyl sites for hydroxylation is 1. The third-order valence-electron chi connectivity index (χ3n) is 3.10. The monoisotopic (exact) mass is 307 g/mol. The van der Waals surface area contributed by atoms with E-state index < -0.39 is 0 Å². The van der Waals surface area contributed by atoms with Gasteiger partial charge in [-0.05, 0) is 36.2 Å². The van der Waals surface area contributed by atoms with Gasteiger partial charge in [0.05, 0.1) is 0 Å². The molecule has 2 aromatic carbocycles. The van der Waals surface area contributed by atoms with E-state index >= 15 is 0 Å². The molecule has 0 aliphatic rings. The van der Waals surface area contributed by atoms with Gasteiger partial charge in [0.15, 0.2) is 0 Å². The van der Waals surface area contributed by atoms with E-state index in [-0.39, 0.29) is 5.82 Å². The van der Waals surface area contributed by atoms with Crippen LogP contribution in [0.5, 0.6) is 11.5 Å². The van der Waals surface area contributed by atoms with Crippen molar-refractivity contribution < 1.29 is 9.13 Å². The van der Waals surface area contributed by atoms with Gasteiger partial charge in [-0.15, -0.1) is 0 Å². The van der Waals surface area contributed by atoms with Crippen LogP contribution in [0.15, 0.2) is 36.4 Å². The number of hydrogen-bond donors (Lipinski definition) is 1. The summed E-state index contributed by atoms with van der Waals surface area (Å²) in [5, 5.41) is 3.95. The molecule has 0 unspecified atom stereocenters. The van der Waals surface area contributed by atoms with Gasteiger partial charge < -0.3 is 10.1 Å². The van der Waals surface area contributed by atoms with Gasteiger partial charge in [-0.25, -0.2) is 4.39 Å². The van der Waals surface area contributed by atoms with Crippen molar-refractivity contribution in [2.24, 2.45) is 0 Å². The van der Waals surface area contributed by atoms with Crippen LogP contribution in [-0.2, 0) is 6.54 Å². The number of nitrogens with one attached hydrogen (secondary N) is 1. The first kappa shape index (κ1) is 15.8. The van der Waals surface area contributed by atoms with Crippen LogP contribution in [0.3, 0.4) is 0 Å². The highest BCUT2D eigenvalue weighted by atomic mass is 35.5. The van der Waals surface area contributed by atoms with E-state index in [2.05, 4.69) is 19.2 Å². The molecule has 0 saturated carbocycles. The van der Waals surface area contributed by atoms with E-state index in [0.29, 0.717) is 29.1 Å². The summed E-state index contributed by atoms with van der Waals surface area (Å²) in [6, 6.07) is 10.4. The van der Waals surface area contributed by atoms with Crippen molar-refractivity contribution in [3.63, 3.8) is 0 Å². The van der Waals surface area contributed by atoms with Gasteiger partial charge in [-0.3, -0.25) is 0 Å². The average Bonchev–Trinajstić information content (AvgIpc) is 2.42. The molecule has 0 aliphatic carbocycles. The molecule has 0 aromatic heterocycles. The molecule has 0 fully saturated rings. The van der Waals surface area contributed by atoms with Crippen LogP contribution in [0.4, 0.5) is 4.39 Å². The Morgan fingerprint density at radius 2 is 1.95 bits per heavy atom. The average molecular weight is 308 g/mol. The van der Waals surface area contributed by atoms with Gasteiger partial charge in [0.1, 0.15) is 17.3 Å². The summed E-state index contributed by atoms with van der Waals surface area (Å²) in [5.41, 5.74) is 1.88. The lowest BCUT2D eigenvalue weighted by Gasteiger charge is -2.12. The predicted molar refractivity (Wildman–Crippen MR) is 84.6 cm³/mol. The molecular formula is C17H19ClFNO. The number of rotatable bonds is 5. The minimum atomic E-state index is -0.320. The van der Waals surface area contributed by atoms with Gasteiger partial charge in [0.25, 0.3) is 0 Å². The number of benzene rings is 2. The lowest BCUT2D eigenvalue weighted by molar-refractivity contribution is 0.472. The highest BCUT2D eigenvalue weighted by Gasteiger charge is 2.07. The SMILES string of the molecule is Cc1ccc(F)cc1Oc1ccc(CNC(C)C)c(Cl)c1. The molecule has 2 nitrogen and oxygen atoms in total. The molecule has 0 bridgehead atoms. The van der Waals surface area contributed by atoms with Gasteiger partial charge >= 0.3 is 0 Å². The van der Waals surface area contributed by atoms with Crippen molar-refractivity contribution in [1.29, 1.82) is 0 Å². The number of hydrogen-bond acceptors (Lipinski definition) is 2. The highest BCUT2D eigenvalue weighted by Crippen LogP contribution is 2.29. The summed E-state index contributed by atoms with van der Waals surface area (Å²) in [6.07, 6.45) is 0. The van der Waals surface area contributed by atoms with E-state index in [1.54, 1.807) is 12.1 Å². The minimum absolute atomic E-state index is 0.320. The fraction of sp³-hybridized carbons (Fsp3) is 0.294. The van der Waals surface area contributed by atoms with Crippen LogP contribution in [-0.4, -0.2) is 6.04 Å². The summed E-state index contributed by atoms with van der Waals surface area (Å²) < 4.78 is 19.0. The largest absolute Gasteiger partial charge is 0.457 e. The van der Waals surface area contributed by atoms with Crippen molar-refractivity contribution in [2.75, 3.05) is 0 Å². The molecule has 0 saturated heterocycles. The van der Waals surface area contributed by atoms with Crippen molar-refractivity contribution in [2.45, 2.75) is 33.4 Å². The zero-order valence-electron chi connectivity index (χ0n) is 12.4. The van der Waals surface area contributed by atoms with Gasteiger partial charge in [0, 0.05) is 23.7 Å². The Labute approximate surface area is 129 Å². The Morgan fingerprint density at radius 1 is 1.19 bits per heavy atom. The summed E-state index contributed by atoms with van der Waals surface area (Å²) in [7, 11) is 0. The molecule has 0 aliphatic heterocycles. The maximum atomic E-state index is 13.3. The van der Waals surface area contributed by atoms with Gasteiger partial charge in [-0.2, -0.15) is 0 Å². The van der Waals surface area contributed by atoms with Crippen LogP contribution < -0.4 is 10.1 Å². The molecular weight excluding hydrogens is 289 g/mol. The third kappa shape index (κ3) is 4.45. The van der Waals surface area contributed by atoms with Crippen LogP contribution in [0.25, 0.3) is 0 Å². The Bertz CT molecular complexity index is 628. The maximum absolute atomic E-state index is 13.3. The third-order valence-corrected chi connectivity index (χ3v) is 3.46. The van der Waals surface area contributed by atoms with E-state index in [0.717, 1.165) is 11.1 Å². The molecule has 0 spiro atoms. The first-order valence-electron chi connectivity index (χ1n) is 6.91. The lowest BCUT2D eigenvalue weighted by Crippen LogP contribution is -2.21. The second-order valence-corrected chi connectivity index (χ2v) is 5.71. The molecule has 0 heterocycles. The van der Waals surface area contributed by atoms with Crippen LogP contribution in [0, 0.1) is 12.7 Å². The van der Waals surface area contributed by atoms with E-state index in [9.17, 15) is 4.39 Å². The summed E-state index contributed by atoms with van der Waals surface area (Å²) in [6.45, 7) is 6.74. The Morgan fingerprint density at radius 3 is 2.62 bits per heavy atom.